The molecule has 0 atom stereocenters. The number of rotatable bonds is 5. The van der Waals surface area contributed by atoms with Crippen LogP contribution in [0.25, 0.3) is 0 Å². The molecule has 1 aliphatic carbocycles. The molecule has 1 aliphatic rings. The molecule has 26 heavy (non-hydrogen) atoms. The van der Waals surface area contributed by atoms with E-state index in [0.29, 0.717) is 17.4 Å². The smallest absolute Gasteiger partial charge is 0.271 e. The predicted molar refractivity (Wildman–Crippen MR) is 105 cm³/mol. The van der Waals surface area contributed by atoms with Crippen LogP contribution in [0.1, 0.15) is 73.5 Å². The Labute approximate surface area is 155 Å². The molecular formula is C21H28N4O. The molecule has 1 amide bonds. The quantitative estimate of drug-likeness (QED) is 0.817. The van der Waals surface area contributed by atoms with Gasteiger partial charge in [0.15, 0.2) is 0 Å². The van der Waals surface area contributed by atoms with Crippen molar-refractivity contribution >= 4 is 17.4 Å². The fraction of sp³-hybridized carbons (Fsp3) is 0.476. The molecule has 1 aromatic carbocycles. The number of aryl methyl sites for hydroxylation is 1. The zero-order valence-corrected chi connectivity index (χ0v) is 15.9. The largest absolute Gasteiger partial charge is 0.348 e. The van der Waals surface area contributed by atoms with E-state index < -0.39 is 0 Å². The van der Waals surface area contributed by atoms with Crippen molar-refractivity contribution < 1.29 is 4.79 Å². The summed E-state index contributed by atoms with van der Waals surface area (Å²) in [6.45, 7) is 6.42. The molecule has 2 aromatic rings. The molecule has 5 nitrogen and oxygen atoms in total. The normalized spacial score (nSPS) is 15.1. The van der Waals surface area contributed by atoms with Crippen LogP contribution in [0, 0.1) is 6.92 Å². The number of hydrogen-bond acceptors (Lipinski definition) is 4. The van der Waals surface area contributed by atoms with Gasteiger partial charge in [0.2, 0.25) is 0 Å². The van der Waals surface area contributed by atoms with Gasteiger partial charge in [0.25, 0.3) is 5.91 Å². The number of benzene rings is 1. The fourth-order valence-electron chi connectivity index (χ4n) is 3.49. The highest BCUT2D eigenvalue weighted by molar-refractivity contribution is 5.92. The van der Waals surface area contributed by atoms with Gasteiger partial charge >= 0.3 is 0 Å². The molecular weight excluding hydrogens is 324 g/mol. The molecule has 0 saturated heterocycles. The predicted octanol–water partition coefficient (Wildman–Crippen LogP) is 4.71. The van der Waals surface area contributed by atoms with E-state index >= 15 is 0 Å². The van der Waals surface area contributed by atoms with Crippen LogP contribution in [-0.2, 0) is 0 Å². The van der Waals surface area contributed by atoms with Crippen LogP contribution in [0.2, 0.25) is 0 Å². The van der Waals surface area contributed by atoms with E-state index in [1.54, 1.807) is 12.4 Å². The van der Waals surface area contributed by atoms with Crippen molar-refractivity contribution in [3.63, 3.8) is 0 Å². The second-order valence-corrected chi connectivity index (χ2v) is 7.41. The van der Waals surface area contributed by atoms with Crippen LogP contribution in [0.3, 0.4) is 0 Å². The molecule has 2 N–H and O–H groups in total. The fourth-order valence-corrected chi connectivity index (χ4v) is 3.49. The molecule has 3 rings (SSSR count). The maximum absolute atomic E-state index is 12.3. The number of carbonyl (C=O) groups is 1. The summed E-state index contributed by atoms with van der Waals surface area (Å²) in [6, 6.07) is 6.55. The lowest BCUT2D eigenvalue weighted by molar-refractivity contribution is 0.0922. The maximum Gasteiger partial charge on any atom is 0.271 e. The first kappa shape index (κ1) is 18.4. The summed E-state index contributed by atoms with van der Waals surface area (Å²) in [5.41, 5.74) is 3.84. The Kier molecular flexibility index (Phi) is 5.86. The molecule has 1 aromatic heterocycles. The van der Waals surface area contributed by atoms with Gasteiger partial charge in [-0.2, -0.15) is 0 Å². The Balaban J connectivity index is 1.69. The van der Waals surface area contributed by atoms with Gasteiger partial charge < -0.3 is 10.6 Å². The third-order valence-electron chi connectivity index (χ3n) is 5.00. The van der Waals surface area contributed by atoms with Crippen molar-refractivity contribution in [3.8, 4) is 0 Å². The Morgan fingerprint density at radius 2 is 1.88 bits per heavy atom. The molecule has 0 radical (unpaired) electrons. The van der Waals surface area contributed by atoms with Crippen LogP contribution in [0.15, 0.2) is 30.6 Å². The SMILES string of the molecule is Cc1cccc(C(C)C)c1Nc1cnc(C(=O)NC2CCCCC2)cn1. The molecule has 0 bridgehead atoms. The summed E-state index contributed by atoms with van der Waals surface area (Å²) < 4.78 is 0. The Morgan fingerprint density at radius 3 is 2.54 bits per heavy atom. The zero-order chi connectivity index (χ0) is 18.5. The topological polar surface area (TPSA) is 66.9 Å². The van der Waals surface area contributed by atoms with Crippen molar-refractivity contribution in [1.29, 1.82) is 0 Å². The van der Waals surface area contributed by atoms with E-state index in [2.05, 4.69) is 59.6 Å². The van der Waals surface area contributed by atoms with Gasteiger partial charge in [0.1, 0.15) is 11.5 Å². The first-order chi connectivity index (χ1) is 12.5. The summed E-state index contributed by atoms with van der Waals surface area (Å²) in [5.74, 6) is 0.927. The van der Waals surface area contributed by atoms with Crippen LogP contribution in [-0.4, -0.2) is 21.9 Å². The third kappa shape index (κ3) is 4.40. The monoisotopic (exact) mass is 352 g/mol. The van der Waals surface area contributed by atoms with Crippen LogP contribution < -0.4 is 10.6 Å². The minimum atomic E-state index is -0.130. The lowest BCUT2D eigenvalue weighted by atomic mass is 9.95. The average Bonchev–Trinajstić information content (AvgIpc) is 2.64. The van der Waals surface area contributed by atoms with Crippen LogP contribution >= 0.6 is 0 Å². The van der Waals surface area contributed by atoms with Gasteiger partial charge in [-0.1, -0.05) is 51.3 Å². The highest BCUT2D eigenvalue weighted by Gasteiger charge is 2.18. The van der Waals surface area contributed by atoms with Gasteiger partial charge in [-0.3, -0.25) is 4.79 Å². The van der Waals surface area contributed by atoms with Gasteiger partial charge in [-0.25, -0.2) is 9.97 Å². The number of carbonyl (C=O) groups excluding carboxylic acids is 1. The molecule has 0 unspecified atom stereocenters. The van der Waals surface area contributed by atoms with Gasteiger partial charge in [0, 0.05) is 11.7 Å². The van der Waals surface area contributed by atoms with Crippen molar-refractivity contribution in [2.24, 2.45) is 0 Å². The average molecular weight is 352 g/mol. The first-order valence-electron chi connectivity index (χ1n) is 9.54. The Hall–Kier alpha value is -2.43. The van der Waals surface area contributed by atoms with E-state index in [1.807, 2.05) is 0 Å². The second-order valence-electron chi connectivity index (χ2n) is 7.41. The summed E-state index contributed by atoms with van der Waals surface area (Å²) in [6.07, 6.45) is 8.94. The number of anilines is 2. The number of nitrogens with zero attached hydrogens (tertiary/aromatic N) is 2. The molecule has 138 valence electrons. The van der Waals surface area contributed by atoms with E-state index in [-0.39, 0.29) is 11.9 Å². The Morgan fingerprint density at radius 1 is 1.12 bits per heavy atom. The molecule has 0 aliphatic heterocycles. The number of nitrogens with one attached hydrogen (secondary N) is 2. The van der Waals surface area contributed by atoms with E-state index in [1.165, 1.54) is 24.8 Å². The number of para-hydroxylation sites is 1. The molecule has 5 heteroatoms. The summed E-state index contributed by atoms with van der Waals surface area (Å²) >= 11 is 0. The molecule has 1 heterocycles. The van der Waals surface area contributed by atoms with Gasteiger partial charge in [-0.05, 0) is 36.8 Å². The Bertz CT molecular complexity index is 749. The zero-order valence-electron chi connectivity index (χ0n) is 15.9. The minimum absolute atomic E-state index is 0.130. The summed E-state index contributed by atoms with van der Waals surface area (Å²) in [7, 11) is 0. The second kappa shape index (κ2) is 8.30. The van der Waals surface area contributed by atoms with E-state index in [4.69, 9.17) is 0 Å². The van der Waals surface area contributed by atoms with Gasteiger partial charge in [0.05, 0.1) is 12.4 Å². The van der Waals surface area contributed by atoms with Crippen LogP contribution in [0.5, 0.6) is 0 Å². The number of aromatic nitrogens is 2. The number of amides is 1. The van der Waals surface area contributed by atoms with Crippen molar-refractivity contribution in [3.05, 3.63) is 47.4 Å². The highest BCUT2D eigenvalue weighted by atomic mass is 16.1. The van der Waals surface area contributed by atoms with Crippen molar-refractivity contribution in [2.75, 3.05) is 5.32 Å². The van der Waals surface area contributed by atoms with Crippen molar-refractivity contribution in [2.45, 2.75) is 64.8 Å². The van der Waals surface area contributed by atoms with E-state index in [0.717, 1.165) is 24.1 Å². The number of hydrogen-bond donors (Lipinski definition) is 2. The minimum Gasteiger partial charge on any atom is -0.348 e. The van der Waals surface area contributed by atoms with Crippen molar-refractivity contribution in [1.82, 2.24) is 15.3 Å². The van der Waals surface area contributed by atoms with Crippen LogP contribution in [0.4, 0.5) is 11.5 Å². The molecule has 1 saturated carbocycles. The lowest BCUT2D eigenvalue weighted by Crippen LogP contribution is -2.36. The van der Waals surface area contributed by atoms with E-state index in [9.17, 15) is 4.79 Å². The summed E-state index contributed by atoms with van der Waals surface area (Å²) in [4.78, 5) is 21.0. The maximum atomic E-state index is 12.3. The highest BCUT2D eigenvalue weighted by Crippen LogP contribution is 2.29. The standard InChI is InChI=1S/C21H28N4O/c1-14(2)17-11-7-8-15(3)20(17)25-19-13-22-18(12-23-19)21(26)24-16-9-5-4-6-10-16/h7-8,11-14,16H,4-6,9-10H2,1-3H3,(H,23,25)(H,24,26). The summed E-state index contributed by atoms with van der Waals surface area (Å²) in [5, 5.41) is 6.44. The molecule has 1 fully saturated rings. The molecule has 0 spiro atoms. The lowest BCUT2D eigenvalue weighted by Gasteiger charge is -2.22. The first-order valence-corrected chi connectivity index (χ1v) is 9.54. The third-order valence-corrected chi connectivity index (χ3v) is 5.00. The van der Waals surface area contributed by atoms with Gasteiger partial charge in [-0.15, -0.1) is 0 Å².